The van der Waals surface area contributed by atoms with Gasteiger partial charge in [0.1, 0.15) is 0 Å². The Morgan fingerprint density at radius 2 is 1.89 bits per heavy atom. The van der Waals surface area contributed by atoms with E-state index in [0.717, 1.165) is 10.6 Å². The van der Waals surface area contributed by atoms with Gasteiger partial charge in [-0.05, 0) is 27.8 Å². The summed E-state index contributed by atoms with van der Waals surface area (Å²) in [6, 6.07) is 0. The summed E-state index contributed by atoms with van der Waals surface area (Å²) in [6.07, 6.45) is 0. The molecule has 0 saturated carbocycles. The highest BCUT2D eigenvalue weighted by molar-refractivity contribution is 5.10. The molecule has 0 unspecified atom stereocenters. The first kappa shape index (κ1) is 8.66. The van der Waals surface area contributed by atoms with Crippen molar-refractivity contribution in [3.63, 3.8) is 0 Å². The highest BCUT2D eigenvalue weighted by atomic mass is 16.5. The van der Waals surface area contributed by atoms with Gasteiger partial charge in [-0.2, -0.15) is 0 Å². The number of likely N-dealkylation sites (N-methyl/N-ethyl adjacent to an activating group) is 1. The highest BCUT2D eigenvalue weighted by Gasteiger charge is 2.16. The number of hydrogen-bond donors (Lipinski definition) is 0. The van der Waals surface area contributed by atoms with E-state index in [4.69, 9.17) is 0 Å². The lowest BCUT2D eigenvalue weighted by molar-refractivity contribution is 0.271. The number of rotatable bonds is 2. The molecule has 0 aromatic heterocycles. The molecule has 0 radical (unpaired) electrons. The third kappa shape index (κ3) is 1.80. The van der Waals surface area contributed by atoms with Gasteiger partial charge in [-0.25, -0.2) is 0 Å². The van der Waals surface area contributed by atoms with Crippen molar-refractivity contribution < 1.29 is 0 Å². The molecule has 2 heteroatoms. The van der Waals surface area contributed by atoms with Crippen LogP contribution in [-0.4, -0.2) is 17.6 Å². The Bertz CT molecular complexity index is 116. The van der Waals surface area contributed by atoms with Crippen LogP contribution in [0.15, 0.2) is 12.2 Å². The molecule has 54 valence electrons. The minimum absolute atomic E-state index is 0.417. The number of hydroxylamine groups is 2. The fourth-order valence-corrected chi connectivity index (χ4v) is 0.269. The maximum Gasteiger partial charge on any atom is 0.0240 e. The fraction of sp³-hybridized carbons (Fsp3) is 0.714. The third-order valence-corrected chi connectivity index (χ3v) is 1.83. The van der Waals surface area contributed by atoms with Gasteiger partial charge in [0.05, 0.1) is 0 Å². The zero-order valence-electron chi connectivity index (χ0n) is 6.56. The second kappa shape index (κ2) is 2.50. The van der Waals surface area contributed by atoms with Crippen LogP contribution in [0.1, 0.15) is 20.8 Å². The molecule has 0 aliphatic rings. The Balaban J connectivity index is 4.19. The average Bonchev–Trinajstić information content (AvgIpc) is 1.65. The molecular formula is C7H14NO-. The molecule has 0 N–H and O–H groups in total. The second-order valence-corrected chi connectivity index (χ2v) is 2.84. The second-order valence-electron chi connectivity index (χ2n) is 2.84. The lowest BCUT2D eigenvalue weighted by Gasteiger charge is -2.41. The van der Waals surface area contributed by atoms with Crippen LogP contribution in [0.25, 0.3) is 0 Å². The summed E-state index contributed by atoms with van der Waals surface area (Å²) in [5.41, 5.74) is 0.472. The molecular weight excluding hydrogens is 114 g/mol. The molecule has 0 heterocycles. The first-order valence-corrected chi connectivity index (χ1v) is 2.96. The monoisotopic (exact) mass is 128 g/mol. The van der Waals surface area contributed by atoms with Crippen molar-refractivity contribution in [2.24, 2.45) is 0 Å². The van der Waals surface area contributed by atoms with Gasteiger partial charge >= 0.3 is 0 Å². The standard InChI is InChI=1S/C7H14NO/c1-6(2)7(3,4)8(5)9/h1H2,2-5H3/q-1. The largest absolute Gasteiger partial charge is 0.785 e. The predicted molar refractivity (Wildman–Crippen MR) is 40.0 cm³/mol. The normalized spacial score (nSPS) is 12.2. The van der Waals surface area contributed by atoms with Gasteiger partial charge in [-0.15, -0.1) is 0 Å². The van der Waals surface area contributed by atoms with E-state index in [1.54, 1.807) is 0 Å². The lowest BCUT2D eigenvalue weighted by atomic mass is 9.97. The maximum atomic E-state index is 10.8. The zero-order valence-corrected chi connectivity index (χ0v) is 6.56. The molecule has 0 aromatic carbocycles. The van der Waals surface area contributed by atoms with Crippen molar-refractivity contribution in [2.45, 2.75) is 26.3 Å². The predicted octanol–water partition coefficient (Wildman–Crippen LogP) is 1.77. The van der Waals surface area contributed by atoms with E-state index >= 15 is 0 Å². The SMILES string of the molecule is C=C(C)C(C)(C)N(C)[O-]. The number of hydrogen-bond acceptors (Lipinski definition) is 2. The summed E-state index contributed by atoms with van der Waals surface area (Å²) >= 11 is 0. The van der Waals surface area contributed by atoms with Crippen LogP contribution in [-0.2, 0) is 0 Å². The summed E-state index contributed by atoms with van der Waals surface area (Å²) in [6.45, 7) is 9.26. The van der Waals surface area contributed by atoms with Crippen LogP contribution in [0.4, 0.5) is 0 Å². The van der Waals surface area contributed by atoms with Gasteiger partial charge in [0.2, 0.25) is 0 Å². The van der Waals surface area contributed by atoms with Crippen LogP contribution in [0.3, 0.4) is 0 Å². The third-order valence-electron chi connectivity index (χ3n) is 1.83. The molecule has 0 atom stereocenters. The molecule has 0 rings (SSSR count). The van der Waals surface area contributed by atoms with Gasteiger partial charge in [0, 0.05) is 5.54 Å². The Morgan fingerprint density at radius 3 is 1.89 bits per heavy atom. The van der Waals surface area contributed by atoms with Crippen molar-refractivity contribution in [3.8, 4) is 0 Å². The summed E-state index contributed by atoms with van der Waals surface area (Å²) in [5.74, 6) is 0. The zero-order chi connectivity index (χ0) is 7.65. The minimum Gasteiger partial charge on any atom is -0.785 e. The molecule has 9 heavy (non-hydrogen) atoms. The summed E-state index contributed by atoms with van der Waals surface area (Å²) < 4.78 is 0. The lowest BCUT2D eigenvalue weighted by Crippen LogP contribution is -2.37. The molecule has 0 fully saturated rings. The first-order valence-electron chi connectivity index (χ1n) is 2.96. The topological polar surface area (TPSA) is 26.3 Å². The highest BCUT2D eigenvalue weighted by Crippen LogP contribution is 2.18. The summed E-state index contributed by atoms with van der Waals surface area (Å²) in [5, 5.41) is 11.7. The minimum atomic E-state index is -0.417. The Morgan fingerprint density at radius 1 is 1.56 bits per heavy atom. The summed E-state index contributed by atoms with van der Waals surface area (Å²) in [4.78, 5) is 0. The molecule has 0 spiro atoms. The van der Waals surface area contributed by atoms with E-state index in [1.807, 2.05) is 20.8 Å². The van der Waals surface area contributed by atoms with Gasteiger partial charge < -0.3 is 10.3 Å². The van der Waals surface area contributed by atoms with E-state index in [-0.39, 0.29) is 0 Å². The summed E-state index contributed by atoms with van der Waals surface area (Å²) in [7, 11) is 1.51. The van der Waals surface area contributed by atoms with E-state index in [1.165, 1.54) is 7.05 Å². The quantitative estimate of drug-likeness (QED) is 0.418. The first-order chi connectivity index (χ1) is 3.89. The van der Waals surface area contributed by atoms with Gasteiger partial charge in [0.25, 0.3) is 0 Å². The van der Waals surface area contributed by atoms with Gasteiger partial charge in [0.15, 0.2) is 0 Å². The van der Waals surface area contributed by atoms with Crippen LogP contribution in [0, 0.1) is 5.21 Å². The van der Waals surface area contributed by atoms with E-state index in [2.05, 4.69) is 6.58 Å². The van der Waals surface area contributed by atoms with Crippen LogP contribution in [0.2, 0.25) is 0 Å². The van der Waals surface area contributed by atoms with E-state index < -0.39 is 5.54 Å². The molecule has 0 saturated heterocycles. The van der Waals surface area contributed by atoms with Crippen molar-refractivity contribution in [2.75, 3.05) is 7.05 Å². The molecule has 0 aromatic rings. The molecule has 2 nitrogen and oxygen atoms in total. The van der Waals surface area contributed by atoms with Crippen molar-refractivity contribution in [1.29, 1.82) is 0 Å². The Kier molecular flexibility index (Phi) is 2.40. The van der Waals surface area contributed by atoms with Crippen LogP contribution in [0.5, 0.6) is 0 Å². The maximum absolute atomic E-state index is 10.8. The van der Waals surface area contributed by atoms with Crippen molar-refractivity contribution in [3.05, 3.63) is 17.4 Å². The van der Waals surface area contributed by atoms with Gasteiger partial charge in [-0.1, -0.05) is 12.2 Å². The fourth-order valence-electron chi connectivity index (χ4n) is 0.269. The van der Waals surface area contributed by atoms with Crippen molar-refractivity contribution in [1.82, 2.24) is 5.06 Å². The molecule has 0 amide bonds. The molecule has 0 aliphatic carbocycles. The Hall–Kier alpha value is -0.340. The van der Waals surface area contributed by atoms with Crippen molar-refractivity contribution >= 4 is 0 Å². The van der Waals surface area contributed by atoms with Gasteiger partial charge in [-0.3, -0.25) is 0 Å². The average molecular weight is 128 g/mol. The smallest absolute Gasteiger partial charge is 0.0240 e. The molecule has 0 bridgehead atoms. The Labute approximate surface area is 56.7 Å². The van der Waals surface area contributed by atoms with Crippen LogP contribution >= 0.6 is 0 Å². The molecule has 0 aliphatic heterocycles. The number of nitrogens with zero attached hydrogens (tertiary/aromatic N) is 1. The van der Waals surface area contributed by atoms with E-state index in [0.29, 0.717) is 0 Å². The van der Waals surface area contributed by atoms with E-state index in [9.17, 15) is 5.21 Å². The van der Waals surface area contributed by atoms with Crippen LogP contribution < -0.4 is 0 Å².